The summed E-state index contributed by atoms with van der Waals surface area (Å²) in [5.41, 5.74) is 2.81. The van der Waals surface area contributed by atoms with Gasteiger partial charge in [-0.3, -0.25) is 0 Å². The summed E-state index contributed by atoms with van der Waals surface area (Å²) in [7, 11) is 0. The Bertz CT molecular complexity index is 1190. The molecule has 0 saturated carbocycles. The lowest BCUT2D eigenvalue weighted by atomic mass is 10.1. The van der Waals surface area contributed by atoms with Gasteiger partial charge in [0.15, 0.2) is 17.2 Å². The van der Waals surface area contributed by atoms with Crippen LogP contribution in [0.1, 0.15) is 38.7 Å². The summed E-state index contributed by atoms with van der Waals surface area (Å²) in [6.45, 7) is 6.61. The van der Waals surface area contributed by atoms with Crippen LogP contribution in [0.25, 0.3) is 28.2 Å². The Hall–Kier alpha value is -3.77. The fourth-order valence-electron chi connectivity index (χ4n) is 3.49. The monoisotopic (exact) mass is 430 g/mol. The zero-order chi connectivity index (χ0) is 22.3. The highest BCUT2D eigenvalue weighted by atomic mass is 16.5. The molecule has 1 aliphatic heterocycles. The number of hydrogen-bond acceptors (Lipinski definition) is 8. The van der Waals surface area contributed by atoms with E-state index in [1.54, 1.807) is 35.4 Å². The van der Waals surface area contributed by atoms with Gasteiger partial charge < -0.3 is 15.2 Å². The maximum Gasteiger partial charge on any atom is 0.170 e. The van der Waals surface area contributed by atoms with Crippen molar-refractivity contribution in [3.8, 4) is 23.2 Å². The SMILES string of the molecule is C1CCNCC1.CC(C)Nc1cc(-n2ncc3cc(C#N)cnc32)ncc1-c1ccno1. The minimum atomic E-state index is 0.220. The molecular weight excluding hydrogens is 404 g/mol. The maximum atomic E-state index is 9.01. The number of aromatic nitrogens is 5. The van der Waals surface area contributed by atoms with Gasteiger partial charge in [-0.1, -0.05) is 11.6 Å². The molecule has 0 bridgehead atoms. The summed E-state index contributed by atoms with van der Waals surface area (Å²) in [5, 5.41) is 24.6. The largest absolute Gasteiger partial charge is 0.382 e. The van der Waals surface area contributed by atoms with Crippen LogP contribution < -0.4 is 10.6 Å². The van der Waals surface area contributed by atoms with E-state index in [0.29, 0.717) is 22.8 Å². The molecule has 0 unspecified atom stereocenters. The van der Waals surface area contributed by atoms with E-state index in [0.717, 1.165) is 16.6 Å². The fourth-order valence-corrected chi connectivity index (χ4v) is 3.49. The number of rotatable bonds is 4. The molecule has 1 fully saturated rings. The number of nitrogens with zero attached hydrogens (tertiary/aromatic N) is 6. The molecule has 0 radical (unpaired) electrons. The second-order valence-electron chi connectivity index (χ2n) is 7.88. The van der Waals surface area contributed by atoms with Gasteiger partial charge in [0.1, 0.15) is 6.07 Å². The highest BCUT2D eigenvalue weighted by Crippen LogP contribution is 2.29. The van der Waals surface area contributed by atoms with E-state index in [2.05, 4.69) is 50.8 Å². The number of nitrogens with one attached hydrogen (secondary N) is 2. The zero-order valence-electron chi connectivity index (χ0n) is 18.2. The molecule has 0 amide bonds. The topological polar surface area (TPSA) is 117 Å². The molecule has 2 N–H and O–H groups in total. The summed E-state index contributed by atoms with van der Waals surface area (Å²) >= 11 is 0. The predicted octanol–water partition coefficient (Wildman–Crippen LogP) is 3.92. The molecule has 0 aromatic carbocycles. The fraction of sp³-hybridized carbons (Fsp3) is 0.348. The van der Waals surface area contributed by atoms with Crippen molar-refractivity contribution in [2.24, 2.45) is 0 Å². The average Bonchev–Trinajstić information content (AvgIpc) is 3.50. The molecule has 1 aliphatic rings. The molecule has 0 spiro atoms. The molecule has 32 heavy (non-hydrogen) atoms. The van der Waals surface area contributed by atoms with Gasteiger partial charge in [0, 0.05) is 36.0 Å². The van der Waals surface area contributed by atoms with Crippen molar-refractivity contribution in [2.75, 3.05) is 18.4 Å². The van der Waals surface area contributed by atoms with Crippen molar-refractivity contribution >= 4 is 16.7 Å². The van der Waals surface area contributed by atoms with Crippen LogP contribution in [0.5, 0.6) is 0 Å². The van der Waals surface area contributed by atoms with Crippen molar-refractivity contribution in [1.82, 2.24) is 30.2 Å². The van der Waals surface area contributed by atoms with Gasteiger partial charge in [-0.25, -0.2) is 9.97 Å². The van der Waals surface area contributed by atoms with Crippen molar-refractivity contribution in [3.05, 3.63) is 48.5 Å². The lowest BCUT2D eigenvalue weighted by Crippen LogP contribution is -2.21. The van der Waals surface area contributed by atoms with Crippen LogP contribution in [-0.4, -0.2) is 44.0 Å². The van der Waals surface area contributed by atoms with Crippen LogP contribution in [0, 0.1) is 11.3 Å². The summed E-state index contributed by atoms with van der Waals surface area (Å²) in [5.74, 6) is 1.25. The van der Waals surface area contributed by atoms with E-state index >= 15 is 0 Å². The Kier molecular flexibility index (Phi) is 6.72. The summed E-state index contributed by atoms with van der Waals surface area (Å²) in [6, 6.07) is 7.73. The van der Waals surface area contributed by atoms with Gasteiger partial charge in [-0.15, -0.1) is 0 Å². The van der Waals surface area contributed by atoms with Crippen LogP contribution in [0.2, 0.25) is 0 Å². The highest BCUT2D eigenvalue weighted by Gasteiger charge is 2.15. The second-order valence-corrected chi connectivity index (χ2v) is 7.88. The smallest absolute Gasteiger partial charge is 0.170 e. The molecule has 5 heterocycles. The number of fused-ring (bicyclic) bond motifs is 1. The van der Waals surface area contributed by atoms with Crippen molar-refractivity contribution in [1.29, 1.82) is 5.26 Å². The van der Waals surface area contributed by atoms with E-state index in [9.17, 15) is 0 Å². The van der Waals surface area contributed by atoms with Crippen LogP contribution >= 0.6 is 0 Å². The summed E-state index contributed by atoms with van der Waals surface area (Å²) in [6.07, 6.45) is 10.7. The Morgan fingerprint density at radius 1 is 1.12 bits per heavy atom. The van der Waals surface area contributed by atoms with E-state index in [1.807, 2.05) is 6.07 Å². The number of nitriles is 1. The van der Waals surface area contributed by atoms with Gasteiger partial charge in [-0.2, -0.15) is 15.0 Å². The Labute approximate surface area is 186 Å². The van der Waals surface area contributed by atoms with E-state index in [4.69, 9.17) is 9.78 Å². The zero-order valence-corrected chi connectivity index (χ0v) is 18.2. The molecular formula is C23H26N8O. The number of piperidine rings is 1. The van der Waals surface area contributed by atoms with E-state index in [1.165, 1.54) is 38.5 Å². The molecule has 5 rings (SSSR count). The van der Waals surface area contributed by atoms with E-state index < -0.39 is 0 Å². The van der Waals surface area contributed by atoms with E-state index in [-0.39, 0.29) is 6.04 Å². The van der Waals surface area contributed by atoms with Crippen LogP contribution in [0.3, 0.4) is 0 Å². The van der Waals surface area contributed by atoms with Gasteiger partial charge in [0.25, 0.3) is 0 Å². The standard InChI is InChI=1S/C18H15N7O.C5H11N/c1-11(2)24-15-6-17(20-10-14(15)16-3-4-23-26-16)25-18-13(9-22-25)5-12(7-19)8-21-18;1-2-4-6-5-3-1/h3-6,8-11H,1-2H3,(H,20,24);6H,1-5H2. The number of hydrogen-bond donors (Lipinski definition) is 2. The molecule has 9 heteroatoms. The van der Waals surface area contributed by atoms with Crippen molar-refractivity contribution in [3.63, 3.8) is 0 Å². The van der Waals surface area contributed by atoms with Gasteiger partial charge in [-0.05, 0) is 45.8 Å². The first kappa shape index (κ1) is 21.5. The lowest BCUT2D eigenvalue weighted by molar-refractivity contribution is 0.432. The second kappa shape index (κ2) is 10.0. The number of pyridine rings is 2. The third kappa shape index (κ3) is 4.92. The van der Waals surface area contributed by atoms with Gasteiger partial charge >= 0.3 is 0 Å². The summed E-state index contributed by atoms with van der Waals surface area (Å²) < 4.78 is 6.92. The Morgan fingerprint density at radius 3 is 2.59 bits per heavy atom. The molecule has 0 aliphatic carbocycles. The van der Waals surface area contributed by atoms with Crippen LogP contribution in [0.4, 0.5) is 5.69 Å². The highest BCUT2D eigenvalue weighted by molar-refractivity contribution is 5.79. The van der Waals surface area contributed by atoms with Crippen molar-refractivity contribution < 1.29 is 4.52 Å². The van der Waals surface area contributed by atoms with Crippen molar-refractivity contribution in [2.45, 2.75) is 39.2 Å². The number of anilines is 1. The van der Waals surface area contributed by atoms with Crippen LogP contribution in [0.15, 0.2) is 47.5 Å². The Balaban J connectivity index is 0.000000354. The van der Waals surface area contributed by atoms with Gasteiger partial charge in [0.05, 0.1) is 29.2 Å². The first-order valence-electron chi connectivity index (χ1n) is 10.8. The molecule has 9 nitrogen and oxygen atoms in total. The van der Waals surface area contributed by atoms with Gasteiger partial charge in [0.2, 0.25) is 0 Å². The Morgan fingerprint density at radius 2 is 1.97 bits per heavy atom. The lowest BCUT2D eigenvalue weighted by Gasteiger charge is -2.14. The maximum absolute atomic E-state index is 9.01. The molecule has 164 valence electrons. The van der Waals surface area contributed by atoms with Crippen LogP contribution in [-0.2, 0) is 0 Å². The minimum absolute atomic E-state index is 0.220. The normalized spacial score (nSPS) is 13.4. The first-order valence-corrected chi connectivity index (χ1v) is 10.8. The predicted molar refractivity (Wildman–Crippen MR) is 122 cm³/mol. The molecule has 4 aromatic rings. The third-order valence-corrected chi connectivity index (χ3v) is 5.00. The summed E-state index contributed by atoms with van der Waals surface area (Å²) in [4.78, 5) is 8.85. The molecule has 1 saturated heterocycles. The average molecular weight is 431 g/mol. The molecule has 0 atom stereocenters. The quantitative estimate of drug-likeness (QED) is 0.500. The third-order valence-electron chi connectivity index (χ3n) is 5.00. The minimum Gasteiger partial charge on any atom is -0.382 e. The first-order chi connectivity index (χ1) is 15.7. The molecule has 4 aromatic heterocycles.